The van der Waals surface area contributed by atoms with Crippen molar-refractivity contribution in [3.63, 3.8) is 0 Å². The van der Waals surface area contributed by atoms with Crippen molar-refractivity contribution in [2.24, 2.45) is 0 Å². The molecule has 0 unspecified atom stereocenters. The Kier molecular flexibility index (Phi) is 7.51. The third-order valence-corrected chi connectivity index (χ3v) is 4.83. The quantitative estimate of drug-likeness (QED) is 0.647. The fourth-order valence-electron chi connectivity index (χ4n) is 2.27. The molecule has 3 nitrogen and oxygen atoms in total. The van der Waals surface area contributed by atoms with Crippen molar-refractivity contribution in [2.45, 2.75) is 33.0 Å². The predicted octanol–water partition coefficient (Wildman–Crippen LogP) is 5.32. The zero-order valence-corrected chi connectivity index (χ0v) is 17.0. The lowest BCUT2D eigenvalue weighted by molar-refractivity contribution is 0.265. The summed E-state index contributed by atoms with van der Waals surface area (Å²) in [4.78, 5) is 2.31. The molecule has 2 aromatic rings. The highest BCUT2D eigenvalue weighted by atomic mass is 35.5. The molecule has 0 spiro atoms. The number of nitrogens with zero attached hydrogens (tertiary/aromatic N) is 1. The van der Waals surface area contributed by atoms with E-state index in [1.54, 1.807) is 12.1 Å². The number of anilines is 1. The van der Waals surface area contributed by atoms with E-state index in [0.717, 1.165) is 12.2 Å². The molecule has 2 N–H and O–H groups in total. The zero-order valence-electron chi connectivity index (χ0n) is 14.6. The molecule has 6 heteroatoms. The normalized spacial score (nSPS) is 11.0. The summed E-state index contributed by atoms with van der Waals surface area (Å²) in [5.41, 5.74) is 3.25. The van der Waals surface area contributed by atoms with Gasteiger partial charge in [0, 0.05) is 24.2 Å². The zero-order chi connectivity index (χ0) is 18.4. The highest BCUT2D eigenvalue weighted by molar-refractivity contribution is 7.80. The fraction of sp³-hybridized carbons (Fsp3) is 0.316. The molecular formula is C19H23Cl2N3S. The van der Waals surface area contributed by atoms with Crippen LogP contribution in [0.3, 0.4) is 0 Å². The molecule has 2 aromatic carbocycles. The van der Waals surface area contributed by atoms with E-state index in [2.05, 4.69) is 54.6 Å². The van der Waals surface area contributed by atoms with Gasteiger partial charge >= 0.3 is 0 Å². The van der Waals surface area contributed by atoms with Gasteiger partial charge in [0.05, 0.1) is 10.7 Å². The Morgan fingerprint density at radius 1 is 1.12 bits per heavy atom. The Hall–Kier alpha value is -1.33. The molecule has 134 valence electrons. The summed E-state index contributed by atoms with van der Waals surface area (Å²) in [6, 6.07) is 14.1. The van der Waals surface area contributed by atoms with Gasteiger partial charge in [-0.15, -0.1) is 0 Å². The minimum atomic E-state index is 0.496. The lowest BCUT2D eigenvalue weighted by Crippen LogP contribution is -2.30. The van der Waals surface area contributed by atoms with E-state index in [4.69, 9.17) is 35.4 Å². The summed E-state index contributed by atoms with van der Waals surface area (Å²) < 4.78 is 0. The van der Waals surface area contributed by atoms with Crippen LogP contribution in [0.1, 0.15) is 25.0 Å². The summed E-state index contributed by atoms with van der Waals surface area (Å²) >= 11 is 17.5. The highest BCUT2D eigenvalue weighted by Crippen LogP contribution is 2.25. The van der Waals surface area contributed by atoms with Gasteiger partial charge in [0.15, 0.2) is 5.11 Å². The van der Waals surface area contributed by atoms with Crippen LogP contribution >= 0.6 is 35.4 Å². The number of thiocarbonyl (C=S) groups is 1. The maximum atomic E-state index is 6.16. The molecule has 0 amide bonds. The van der Waals surface area contributed by atoms with E-state index in [1.807, 2.05) is 12.1 Å². The van der Waals surface area contributed by atoms with Crippen LogP contribution in [0.25, 0.3) is 0 Å². The van der Waals surface area contributed by atoms with E-state index < -0.39 is 0 Å². The largest absolute Gasteiger partial charge is 0.358 e. The highest BCUT2D eigenvalue weighted by Gasteiger charge is 2.09. The lowest BCUT2D eigenvalue weighted by atomic mass is 10.1. The van der Waals surface area contributed by atoms with Crippen molar-refractivity contribution in [1.82, 2.24) is 10.2 Å². The minimum absolute atomic E-state index is 0.496. The molecule has 0 aliphatic rings. The minimum Gasteiger partial charge on any atom is -0.358 e. The maximum Gasteiger partial charge on any atom is 0.171 e. The number of rotatable bonds is 6. The first-order valence-corrected chi connectivity index (χ1v) is 9.30. The van der Waals surface area contributed by atoms with Gasteiger partial charge in [-0.1, -0.05) is 47.5 Å². The number of hydrogen-bond acceptors (Lipinski definition) is 2. The van der Waals surface area contributed by atoms with Crippen molar-refractivity contribution in [1.29, 1.82) is 0 Å². The molecule has 0 aliphatic heterocycles. The predicted molar refractivity (Wildman–Crippen MR) is 113 cm³/mol. The standard InChI is InChI=1S/C19H23Cl2N3S/c1-13(2)24(3)12-15-7-5-4-6-14(15)11-22-19(25)23-18-9-8-16(20)10-17(18)21/h4-10,13H,11-12H2,1-3H3,(H2,22,23,25). The number of halogens is 2. The fourth-order valence-corrected chi connectivity index (χ4v) is 2.91. The molecule has 0 saturated heterocycles. The van der Waals surface area contributed by atoms with Gasteiger partial charge in [-0.05, 0) is 62.4 Å². The summed E-state index contributed by atoms with van der Waals surface area (Å²) in [5, 5.41) is 8.00. The molecule has 0 bridgehead atoms. The Labute approximate surface area is 165 Å². The summed E-state index contributed by atoms with van der Waals surface area (Å²) in [5.74, 6) is 0. The molecule has 2 rings (SSSR count). The molecule has 0 saturated carbocycles. The van der Waals surface area contributed by atoms with E-state index in [0.29, 0.717) is 27.7 Å². The van der Waals surface area contributed by atoms with Crippen LogP contribution < -0.4 is 10.6 Å². The van der Waals surface area contributed by atoms with Crippen molar-refractivity contribution in [2.75, 3.05) is 12.4 Å². The Balaban J connectivity index is 1.97. The first-order chi connectivity index (χ1) is 11.9. The van der Waals surface area contributed by atoms with Crippen LogP contribution in [0.5, 0.6) is 0 Å². The first kappa shape index (κ1) is 20.0. The molecular weight excluding hydrogens is 373 g/mol. The summed E-state index contributed by atoms with van der Waals surface area (Å²) in [7, 11) is 2.13. The lowest BCUT2D eigenvalue weighted by Gasteiger charge is -2.23. The number of benzene rings is 2. The molecule has 0 radical (unpaired) electrons. The molecule has 0 aromatic heterocycles. The van der Waals surface area contributed by atoms with Gasteiger partial charge < -0.3 is 10.6 Å². The number of nitrogens with one attached hydrogen (secondary N) is 2. The smallest absolute Gasteiger partial charge is 0.171 e. The Bertz CT molecular complexity index is 734. The second-order valence-electron chi connectivity index (χ2n) is 6.21. The van der Waals surface area contributed by atoms with Crippen molar-refractivity contribution in [3.05, 3.63) is 63.6 Å². The van der Waals surface area contributed by atoms with E-state index in [-0.39, 0.29) is 0 Å². The average molecular weight is 396 g/mol. The van der Waals surface area contributed by atoms with E-state index in [9.17, 15) is 0 Å². The second-order valence-corrected chi connectivity index (χ2v) is 7.46. The monoisotopic (exact) mass is 395 g/mol. The first-order valence-electron chi connectivity index (χ1n) is 8.13. The Morgan fingerprint density at radius 3 is 2.44 bits per heavy atom. The van der Waals surface area contributed by atoms with Crippen LogP contribution in [0.15, 0.2) is 42.5 Å². The van der Waals surface area contributed by atoms with Crippen LogP contribution in [0.4, 0.5) is 5.69 Å². The third kappa shape index (κ3) is 6.15. The second kappa shape index (κ2) is 9.39. The number of hydrogen-bond donors (Lipinski definition) is 2. The molecule has 0 aliphatic carbocycles. The average Bonchev–Trinajstić information content (AvgIpc) is 2.56. The van der Waals surface area contributed by atoms with Gasteiger partial charge in [0.1, 0.15) is 0 Å². The van der Waals surface area contributed by atoms with Crippen LogP contribution in [0, 0.1) is 0 Å². The third-order valence-electron chi connectivity index (χ3n) is 4.04. The molecule has 0 heterocycles. The molecule has 0 fully saturated rings. The van der Waals surface area contributed by atoms with Gasteiger partial charge in [0.25, 0.3) is 0 Å². The maximum absolute atomic E-state index is 6.16. The van der Waals surface area contributed by atoms with E-state index in [1.165, 1.54) is 11.1 Å². The topological polar surface area (TPSA) is 27.3 Å². The summed E-state index contributed by atoms with van der Waals surface area (Å²) in [6.07, 6.45) is 0. The van der Waals surface area contributed by atoms with Gasteiger partial charge in [-0.3, -0.25) is 4.90 Å². The SMILES string of the molecule is CC(C)N(C)Cc1ccccc1CNC(=S)Nc1ccc(Cl)cc1Cl. The van der Waals surface area contributed by atoms with Crippen molar-refractivity contribution < 1.29 is 0 Å². The van der Waals surface area contributed by atoms with Crippen LogP contribution in [-0.2, 0) is 13.1 Å². The Morgan fingerprint density at radius 2 is 1.80 bits per heavy atom. The van der Waals surface area contributed by atoms with E-state index >= 15 is 0 Å². The van der Waals surface area contributed by atoms with Gasteiger partial charge in [-0.25, -0.2) is 0 Å². The molecule has 0 atom stereocenters. The van der Waals surface area contributed by atoms with Crippen molar-refractivity contribution >= 4 is 46.2 Å². The van der Waals surface area contributed by atoms with Crippen molar-refractivity contribution in [3.8, 4) is 0 Å². The summed E-state index contributed by atoms with van der Waals surface area (Å²) in [6.45, 7) is 5.93. The van der Waals surface area contributed by atoms with Crippen LogP contribution in [0.2, 0.25) is 10.0 Å². The van der Waals surface area contributed by atoms with Gasteiger partial charge in [-0.2, -0.15) is 0 Å². The van der Waals surface area contributed by atoms with Crippen LogP contribution in [-0.4, -0.2) is 23.1 Å². The molecule has 25 heavy (non-hydrogen) atoms. The van der Waals surface area contributed by atoms with Gasteiger partial charge in [0.2, 0.25) is 0 Å².